The van der Waals surface area contributed by atoms with E-state index in [-0.39, 0.29) is 0 Å². The lowest BCUT2D eigenvalue weighted by atomic mass is 9.95. The van der Waals surface area contributed by atoms with Crippen LogP contribution in [0.15, 0.2) is 12.4 Å². The van der Waals surface area contributed by atoms with Crippen LogP contribution >= 0.6 is 0 Å². The predicted octanol–water partition coefficient (Wildman–Crippen LogP) is 1.93. The summed E-state index contributed by atoms with van der Waals surface area (Å²) in [4.78, 5) is 11.8. The Kier molecular flexibility index (Phi) is 4.41. The van der Waals surface area contributed by atoms with Gasteiger partial charge in [-0.05, 0) is 51.9 Å². The smallest absolute Gasteiger partial charge is 0.0727 e. The van der Waals surface area contributed by atoms with Gasteiger partial charge in [0.15, 0.2) is 0 Å². The van der Waals surface area contributed by atoms with Crippen molar-refractivity contribution >= 4 is 0 Å². The monoisotopic (exact) mass is 260 g/mol. The molecule has 0 aliphatic carbocycles. The lowest BCUT2D eigenvalue weighted by Crippen LogP contribution is -2.29. The third-order valence-corrected chi connectivity index (χ3v) is 4.32. The Labute approximate surface area is 115 Å². The standard InChI is InChI=1S/C15H24N4/c1-2-8-19(9-3-1)12-14-10-18-15(11-17-14)13-4-6-16-7-5-13/h10-11,13,16H,1-9,12H2. The molecule has 0 aromatic carbocycles. The Bertz CT molecular complexity index is 378. The van der Waals surface area contributed by atoms with Crippen LogP contribution in [0.2, 0.25) is 0 Å². The van der Waals surface area contributed by atoms with Gasteiger partial charge in [0.05, 0.1) is 17.6 Å². The minimum Gasteiger partial charge on any atom is -0.317 e. The summed E-state index contributed by atoms with van der Waals surface area (Å²) >= 11 is 0. The molecule has 19 heavy (non-hydrogen) atoms. The first kappa shape index (κ1) is 13.0. The van der Waals surface area contributed by atoms with E-state index >= 15 is 0 Å². The molecule has 0 unspecified atom stereocenters. The molecule has 0 bridgehead atoms. The molecule has 1 aromatic heterocycles. The average Bonchev–Trinajstić information content (AvgIpc) is 2.50. The molecule has 4 nitrogen and oxygen atoms in total. The van der Waals surface area contributed by atoms with E-state index in [0.29, 0.717) is 5.92 Å². The molecule has 0 atom stereocenters. The van der Waals surface area contributed by atoms with Gasteiger partial charge in [-0.1, -0.05) is 6.42 Å². The van der Waals surface area contributed by atoms with Gasteiger partial charge in [0.1, 0.15) is 0 Å². The van der Waals surface area contributed by atoms with Crippen LogP contribution in [-0.4, -0.2) is 41.0 Å². The third-order valence-electron chi connectivity index (χ3n) is 4.32. The average molecular weight is 260 g/mol. The summed E-state index contributed by atoms with van der Waals surface area (Å²) in [7, 11) is 0. The fourth-order valence-corrected chi connectivity index (χ4v) is 3.12. The van der Waals surface area contributed by atoms with Crippen LogP contribution < -0.4 is 5.32 Å². The number of nitrogens with one attached hydrogen (secondary N) is 1. The summed E-state index contributed by atoms with van der Waals surface area (Å²) < 4.78 is 0. The molecule has 1 aromatic rings. The molecular weight excluding hydrogens is 236 g/mol. The first-order chi connectivity index (χ1) is 9.42. The predicted molar refractivity (Wildman–Crippen MR) is 76.0 cm³/mol. The van der Waals surface area contributed by atoms with Gasteiger partial charge < -0.3 is 5.32 Å². The van der Waals surface area contributed by atoms with Gasteiger partial charge in [0.2, 0.25) is 0 Å². The molecule has 0 amide bonds. The minimum atomic E-state index is 0.609. The first-order valence-corrected chi connectivity index (χ1v) is 7.66. The summed E-state index contributed by atoms with van der Waals surface area (Å²) in [6.45, 7) is 5.64. The van der Waals surface area contributed by atoms with Gasteiger partial charge in [-0.15, -0.1) is 0 Å². The maximum Gasteiger partial charge on any atom is 0.0727 e. The summed E-state index contributed by atoms with van der Waals surface area (Å²) in [5, 5.41) is 3.40. The van der Waals surface area contributed by atoms with E-state index in [1.165, 1.54) is 50.9 Å². The minimum absolute atomic E-state index is 0.609. The van der Waals surface area contributed by atoms with Crippen LogP contribution in [0, 0.1) is 0 Å². The molecule has 2 saturated heterocycles. The number of nitrogens with zero attached hydrogens (tertiary/aromatic N) is 3. The molecular formula is C15H24N4. The normalized spacial score (nSPS) is 22.5. The van der Waals surface area contributed by atoms with Gasteiger partial charge in [0.25, 0.3) is 0 Å². The molecule has 1 N–H and O–H groups in total. The molecule has 0 radical (unpaired) electrons. The number of aromatic nitrogens is 2. The van der Waals surface area contributed by atoms with Crippen LogP contribution in [0.25, 0.3) is 0 Å². The van der Waals surface area contributed by atoms with E-state index in [1.54, 1.807) is 0 Å². The Morgan fingerprint density at radius 3 is 2.53 bits per heavy atom. The van der Waals surface area contributed by atoms with Gasteiger partial charge in [-0.3, -0.25) is 14.9 Å². The van der Waals surface area contributed by atoms with Gasteiger partial charge in [-0.25, -0.2) is 0 Å². The Hall–Kier alpha value is -1.00. The van der Waals surface area contributed by atoms with Gasteiger partial charge >= 0.3 is 0 Å². The topological polar surface area (TPSA) is 41.1 Å². The van der Waals surface area contributed by atoms with E-state index in [9.17, 15) is 0 Å². The lowest BCUT2D eigenvalue weighted by molar-refractivity contribution is 0.218. The molecule has 3 rings (SSSR count). The van der Waals surface area contributed by atoms with Crippen molar-refractivity contribution in [3.63, 3.8) is 0 Å². The maximum absolute atomic E-state index is 4.65. The second-order valence-corrected chi connectivity index (χ2v) is 5.79. The number of hydrogen-bond donors (Lipinski definition) is 1. The van der Waals surface area contributed by atoms with E-state index in [1.807, 2.05) is 12.4 Å². The van der Waals surface area contributed by atoms with Crippen molar-refractivity contribution in [3.05, 3.63) is 23.8 Å². The van der Waals surface area contributed by atoms with Crippen molar-refractivity contribution in [2.24, 2.45) is 0 Å². The van der Waals surface area contributed by atoms with E-state index in [4.69, 9.17) is 0 Å². The Morgan fingerprint density at radius 1 is 1.05 bits per heavy atom. The van der Waals surface area contributed by atoms with Crippen molar-refractivity contribution in [2.45, 2.75) is 44.6 Å². The molecule has 0 saturated carbocycles. The van der Waals surface area contributed by atoms with Crippen molar-refractivity contribution in [1.29, 1.82) is 0 Å². The zero-order chi connectivity index (χ0) is 12.9. The van der Waals surface area contributed by atoms with Crippen LogP contribution in [0.4, 0.5) is 0 Å². The highest BCUT2D eigenvalue weighted by Crippen LogP contribution is 2.22. The number of hydrogen-bond acceptors (Lipinski definition) is 4. The molecule has 2 aliphatic heterocycles. The highest BCUT2D eigenvalue weighted by molar-refractivity contribution is 5.08. The highest BCUT2D eigenvalue weighted by atomic mass is 15.1. The summed E-state index contributed by atoms with van der Waals surface area (Å²) in [6.07, 6.45) is 10.4. The van der Waals surface area contributed by atoms with Crippen molar-refractivity contribution in [2.75, 3.05) is 26.2 Å². The third kappa shape index (κ3) is 3.51. The van der Waals surface area contributed by atoms with E-state index in [2.05, 4.69) is 20.2 Å². The summed E-state index contributed by atoms with van der Waals surface area (Å²) in [6, 6.07) is 0. The fraction of sp³-hybridized carbons (Fsp3) is 0.733. The van der Waals surface area contributed by atoms with Crippen molar-refractivity contribution < 1.29 is 0 Å². The van der Waals surface area contributed by atoms with Gasteiger partial charge in [-0.2, -0.15) is 0 Å². The second kappa shape index (κ2) is 6.44. The second-order valence-electron chi connectivity index (χ2n) is 5.79. The molecule has 4 heteroatoms. The molecule has 2 aliphatic rings. The van der Waals surface area contributed by atoms with Crippen LogP contribution in [-0.2, 0) is 6.54 Å². The Morgan fingerprint density at radius 2 is 1.84 bits per heavy atom. The summed E-state index contributed by atoms with van der Waals surface area (Å²) in [5.74, 6) is 0.609. The number of piperidine rings is 2. The SMILES string of the molecule is c1nc(C2CCNCC2)cnc1CN1CCCCC1. The Balaban J connectivity index is 1.58. The number of likely N-dealkylation sites (tertiary alicyclic amines) is 1. The molecule has 0 spiro atoms. The maximum atomic E-state index is 4.65. The zero-order valence-corrected chi connectivity index (χ0v) is 11.6. The quantitative estimate of drug-likeness (QED) is 0.901. The van der Waals surface area contributed by atoms with Crippen LogP contribution in [0.3, 0.4) is 0 Å². The lowest BCUT2D eigenvalue weighted by Gasteiger charge is -2.26. The molecule has 3 heterocycles. The van der Waals surface area contributed by atoms with Crippen LogP contribution in [0.5, 0.6) is 0 Å². The first-order valence-electron chi connectivity index (χ1n) is 7.66. The summed E-state index contributed by atoms with van der Waals surface area (Å²) in [5.41, 5.74) is 2.31. The van der Waals surface area contributed by atoms with Crippen molar-refractivity contribution in [1.82, 2.24) is 20.2 Å². The fourth-order valence-electron chi connectivity index (χ4n) is 3.12. The van der Waals surface area contributed by atoms with Crippen molar-refractivity contribution in [3.8, 4) is 0 Å². The van der Waals surface area contributed by atoms with Gasteiger partial charge in [0, 0.05) is 18.7 Å². The van der Waals surface area contributed by atoms with E-state index in [0.717, 1.165) is 25.3 Å². The zero-order valence-electron chi connectivity index (χ0n) is 11.6. The van der Waals surface area contributed by atoms with E-state index < -0.39 is 0 Å². The molecule has 104 valence electrons. The van der Waals surface area contributed by atoms with Crippen LogP contribution in [0.1, 0.15) is 49.4 Å². The number of rotatable bonds is 3. The largest absolute Gasteiger partial charge is 0.317 e. The highest BCUT2D eigenvalue weighted by Gasteiger charge is 2.17. The molecule has 2 fully saturated rings.